The molecule has 4 atom stereocenters. The van der Waals surface area contributed by atoms with Crippen LogP contribution in [0.4, 0.5) is 0 Å². The number of rotatable bonds is 6. The van der Waals surface area contributed by atoms with Crippen molar-refractivity contribution in [3.05, 3.63) is 0 Å². The highest BCUT2D eigenvalue weighted by atomic mass is 16.5. The van der Waals surface area contributed by atoms with E-state index in [0.29, 0.717) is 18.3 Å². The van der Waals surface area contributed by atoms with Crippen molar-refractivity contribution in [2.45, 2.75) is 83.6 Å². The summed E-state index contributed by atoms with van der Waals surface area (Å²) in [4.78, 5) is 0. The summed E-state index contributed by atoms with van der Waals surface area (Å²) < 4.78 is 11.9. The molecule has 0 amide bonds. The molecule has 0 spiro atoms. The molecule has 2 aliphatic rings. The van der Waals surface area contributed by atoms with Gasteiger partial charge in [-0.15, -0.1) is 0 Å². The molecular weight excluding hydrogens is 238 g/mol. The fourth-order valence-electron chi connectivity index (χ4n) is 3.78. The minimum absolute atomic E-state index is 0.356. The first kappa shape index (κ1) is 15.3. The second-order valence-corrected chi connectivity index (χ2v) is 6.37. The van der Waals surface area contributed by atoms with E-state index in [9.17, 15) is 0 Å². The number of hydrogen-bond acceptors (Lipinski definition) is 3. The van der Waals surface area contributed by atoms with Crippen molar-refractivity contribution < 1.29 is 9.47 Å². The summed E-state index contributed by atoms with van der Waals surface area (Å²) in [6.45, 7) is 8.54. The van der Waals surface area contributed by atoms with E-state index in [1.807, 2.05) is 0 Å². The van der Waals surface area contributed by atoms with Gasteiger partial charge >= 0.3 is 0 Å². The maximum absolute atomic E-state index is 6.10. The van der Waals surface area contributed by atoms with Crippen molar-refractivity contribution in [1.82, 2.24) is 5.32 Å². The zero-order chi connectivity index (χ0) is 13.7. The number of hydrogen-bond donors (Lipinski definition) is 1. The lowest BCUT2D eigenvalue weighted by Crippen LogP contribution is -2.35. The van der Waals surface area contributed by atoms with Gasteiger partial charge in [0, 0.05) is 12.6 Å². The summed E-state index contributed by atoms with van der Waals surface area (Å²) in [6.07, 6.45) is 8.58. The van der Waals surface area contributed by atoms with Gasteiger partial charge in [0.2, 0.25) is 0 Å². The quantitative estimate of drug-likeness (QED) is 0.803. The van der Waals surface area contributed by atoms with Gasteiger partial charge in [-0.2, -0.15) is 0 Å². The molecule has 3 nitrogen and oxygen atoms in total. The lowest BCUT2D eigenvalue weighted by Gasteiger charge is -2.32. The van der Waals surface area contributed by atoms with Crippen LogP contribution in [0.3, 0.4) is 0 Å². The molecule has 0 bridgehead atoms. The van der Waals surface area contributed by atoms with E-state index in [1.54, 1.807) is 0 Å². The van der Waals surface area contributed by atoms with Crippen LogP contribution < -0.4 is 5.32 Å². The fourth-order valence-corrected chi connectivity index (χ4v) is 3.78. The highest BCUT2D eigenvalue weighted by Gasteiger charge is 2.28. The standard InChI is InChI=1S/C16H31NO2/c1-4-17-16-7-5-6-14(16)8-9-18-15-10-12(2)19-13(3)11-15/h12-17H,4-11H2,1-3H3. The van der Waals surface area contributed by atoms with Gasteiger partial charge in [-0.05, 0) is 58.4 Å². The smallest absolute Gasteiger partial charge is 0.0624 e. The van der Waals surface area contributed by atoms with Crippen LogP contribution in [0.1, 0.15) is 59.3 Å². The monoisotopic (exact) mass is 269 g/mol. The molecule has 0 aromatic rings. The maximum atomic E-state index is 6.10. The Labute approximate surface area is 118 Å². The van der Waals surface area contributed by atoms with Crippen LogP contribution >= 0.6 is 0 Å². The summed E-state index contributed by atoms with van der Waals surface area (Å²) in [7, 11) is 0. The number of nitrogens with one attached hydrogen (secondary N) is 1. The first-order valence-electron chi connectivity index (χ1n) is 8.19. The van der Waals surface area contributed by atoms with Gasteiger partial charge in [-0.1, -0.05) is 13.3 Å². The number of ether oxygens (including phenoxy) is 2. The molecule has 0 aromatic heterocycles. The normalized spacial score (nSPS) is 39.6. The summed E-state index contributed by atoms with van der Waals surface area (Å²) in [5.74, 6) is 0.828. The lowest BCUT2D eigenvalue weighted by atomic mass is 9.99. The molecule has 2 fully saturated rings. The predicted molar refractivity (Wildman–Crippen MR) is 78.4 cm³/mol. The van der Waals surface area contributed by atoms with Crippen molar-refractivity contribution in [3.8, 4) is 0 Å². The molecule has 1 N–H and O–H groups in total. The van der Waals surface area contributed by atoms with Gasteiger partial charge < -0.3 is 14.8 Å². The predicted octanol–water partition coefficient (Wildman–Crippen LogP) is 3.13. The summed E-state index contributed by atoms with van der Waals surface area (Å²) >= 11 is 0. The third-order valence-electron chi connectivity index (χ3n) is 4.62. The van der Waals surface area contributed by atoms with E-state index >= 15 is 0 Å². The van der Waals surface area contributed by atoms with Gasteiger partial charge in [-0.3, -0.25) is 0 Å². The third kappa shape index (κ3) is 4.73. The van der Waals surface area contributed by atoms with E-state index < -0.39 is 0 Å². The van der Waals surface area contributed by atoms with E-state index in [4.69, 9.17) is 9.47 Å². The lowest BCUT2D eigenvalue weighted by molar-refractivity contribution is -0.103. The van der Waals surface area contributed by atoms with Crippen LogP contribution in [-0.2, 0) is 9.47 Å². The van der Waals surface area contributed by atoms with E-state index in [2.05, 4.69) is 26.1 Å². The largest absolute Gasteiger partial charge is 0.378 e. The Hall–Kier alpha value is -0.120. The second kappa shape index (κ2) is 7.61. The SMILES string of the molecule is CCNC1CCCC1CCOC1CC(C)OC(C)C1. The summed E-state index contributed by atoms with van der Waals surface area (Å²) in [5.41, 5.74) is 0. The Kier molecular flexibility index (Phi) is 6.11. The van der Waals surface area contributed by atoms with Gasteiger partial charge in [-0.25, -0.2) is 0 Å². The van der Waals surface area contributed by atoms with Crippen LogP contribution in [0.25, 0.3) is 0 Å². The summed E-state index contributed by atoms with van der Waals surface area (Å²) in [5, 5.41) is 3.62. The average molecular weight is 269 g/mol. The Bertz CT molecular complexity index is 249. The zero-order valence-electron chi connectivity index (χ0n) is 12.9. The van der Waals surface area contributed by atoms with Gasteiger partial charge in [0.05, 0.1) is 18.3 Å². The molecule has 0 radical (unpaired) electrons. The minimum Gasteiger partial charge on any atom is -0.378 e. The van der Waals surface area contributed by atoms with Gasteiger partial charge in [0.25, 0.3) is 0 Å². The average Bonchev–Trinajstić information content (AvgIpc) is 2.76. The van der Waals surface area contributed by atoms with E-state index in [-0.39, 0.29) is 0 Å². The minimum atomic E-state index is 0.356. The molecule has 2 rings (SSSR count). The molecule has 1 aliphatic carbocycles. The Morgan fingerprint density at radius 1 is 1.16 bits per heavy atom. The molecule has 1 aliphatic heterocycles. The van der Waals surface area contributed by atoms with Crippen LogP contribution in [-0.4, -0.2) is 37.5 Å². The van der Waals surface area contributed by atoms with Crippen molar-refractivity contribution in [2.24, 2.45) is 5.92 Å². The van der Waals surface area contributed by atoms with E-state index in [0.717, 1.165) is 38.0 Å². The zero-order valence-corrected chi connectivity index (χ0v) is 12.9. The Morgan fingerprint density at radius 3 is 2.58 bits per heavy atom. The third-order valence-corrected chi connectivity index (χ3v) is 4.62. The van der Waals surface area contributed by atoms with Gasteiger partial charge in [0.1, 0.15) is 0 Å². The molecule has 4 unspecified atom stereocenters. The Morgan fingerprint density at radius 2 is 1.89 bits per heavy atom. The fraction of sp³-hybridized carbons (Fsp3) is 1.00. The molecule has 0 aromatic carbocycles. The van der Waals surface area contributed by atoms with E-state index in [1.165, 1.54) is 25.7 Å². The Balaban J connectivity index is 1.65. The molecule has 3 heteroatoms. The second-order valence-electron chi connectivity index (χ2n) is 6.37. The van der Waals surface area contributed by atoms with Gasteiger partial charge in [0.15, 0.2) is 0 Å². The highest BCUT2D eigenvalue weighted by Crippen LogP contribution is 2.29. The summed E-state index contributed by atoms with van der Waals surface area (Å²) in [6, 6.07) is 0.737. The van der Waals surface area contributed by atoms with Crippen molar-refractivity contribution in [2.75, 3.05) is 13.2 Å². The topological polar surface area (TPSA) is 30.5 Å². The first-order valence-corrected chi connectivity index (χ1v) is 8.19. The first-order chi connectivity index (χ1) is 9.19. The van der Waals surface area contributed by atoms with Crippen LogP contribution in [0.2, 0.25) is 0 Å². The molecule has 1 saturated carbocycles. The molecule has 1 saturated heterocycles. The van der Waals surface area contributed by atoms with Crippen LogP contribution in [0, 0.1) is 5.92 Å². The highest BCUT2D eigenvalue weighted by molar-refractivity contribution is 4.83. The molecule has 1 heterocycles. The van der Waals surface area contributed by atoms with Crippen molar-refractivity contribution in [1.29, 1.82) is 0 Å². The maximum Gasteiger partial charge on any atom is 0.0624 e. The van der Waals surface area contributed by atoms with Crippen molar-refractivity contribution >= 4 is 0 Å². The molecule has 112 valence electrons. The van der Waals surface area contributed by atoms with Crippen LogP contribution in [0.5, 0.6) is 0 Å². The van der Waals surface area contributed by atoms with Crippen molar-refractivity contribution in [3.63, 3.8) is 0 Å². The molecular formula is C16H31NO2. The van der Waals surface area contributed by atoms with Crippen LogP contribution in [0.15, 0.2) is 0 Å². The molecule has 19 heavy (non-hydrogen) atoms.